The van der Waals surface area contributed by atoms with E-state index in [9.17, 15) is 14.4 Å². The highest BCUT2D eigenvalue weighted by Crippen LogP contribution is 2.28. The molecule has 0 radical (unpaired) electrons. The second kappa shape index (κ2) is 9.17. The zero-order valence-corrected chi connectivity index (χ0v) is 20.0. The molecule has 9 heteroatoms. The zero-order valence-electron chi connectivity index (χ0n) is 19.3. The lowest BCUT2D eigenvalue weighted by Crippen LogP contribution is -2.63. The first-order chi connectivity index (χ1) is 15.7. The fraction of sp³-hybridized carbons (Fsp3) is 0.500. The van der Waals surface area contributed by atoms with Gasteiger partial charge in [-0.15, -0.1) is 0 Å². The molecule has 176 valence electrons. The van der Waals surface area contributed by atoms with Gasteiger partial charge in [0.05, 0.1) is 6.54 Å². The minimum Gasteiger partial charge on any atom is -0.351 e. The summed E-state index contributed by atoms with van der Waals surface area (Å²) in [5, 5.41) is 10.8. The first-order valence-electron chi connectivity index (χ1n) is 11.4. The summed E-state index contributed by atoms with van der Waals surface area (Å²) in [5.74, 6) is -0.978. The Morgan fingerprint density at radius 3 is 2.52 bits per heavy atom. The second-order valence-electron chi connectivity index (χ2n) is 9.29. The van der Waals surface area contributed by atoms with E-state index in [2.05, 4.69) is 15.7 Å². The maximum Gasteiger partial charge on any atom is 0.276 e. The van der Waals surface area contributed by atoms with E-state index in [4.69, 9.17) is 11.6 Å². The van der Waals surface area contributed by atoms with Gasteiger partial charge in [0, 0.05) is 29.9 Å². The van der Waals surface area contributed by atoms with Crippen LogP contribution in [0.5, 0.6) is 0 Å². The van der Waals surface area contributed by atoms with Gasteiger partial charge in [-0.2, -0.15) is 5.10 Å². The van der Waals surface area contributed by atoms with Crippen molar-refractivity contribution < 1.29 is 14.4 Å². The van der Waals surface area contributed by atoms with Crippen molar-refractivity contribution >= 4 is 35.0 Å². The number of benzene rings is 1. The molecule has 1 aliphatic heterocycles. The fourth-order valence-electron chi connectivity index (χ4n) is 4.47. The monoisotopic (exact) mass is 471 g/mol. The number of halogens is 1. The Hall–Kier alpha value is -2.87. The van der Waals surface area contributed by atoms with Crippen LogP contribution in [-0.4, -0.2) is 51.0 Å². The number of anilines is 1. The van der Waals surface area contributed by atoms with Crippen molar-refractivity contribution in [2.24, 2.45) is 0 Å². The Bertz CT molecular complexity index is 1090. The Balaban J connectivity index is 1.52. The summed E-state index contributed by atoms with van der Waals surface area (Å²) in [7, 11) is 1.62. The number of nitrogens with one attached hydrogen (secondary N) is 2. The molecule has 2 heterocycles. The van der Waals surface area contributed by atoms with Crippen LogP contribution < -0.4 is 10.6 Å². The highest BCUT2D eigenvalue weighted by atomic mass is 35.5. The van der Waals surface area contributed by atoms with Crippen molar-refractivity contribution in [1.29, 1.82) is 0 Å². The molecule has 0 bridgehead atoms. The molecule has 0 unspecified atom stereocenters. The number of amides is 3. The lowest BCUT2D eigenvalue weighted by Gasteiger charge is -2.41. The highest BCUT2D eigenvalue weighted by molar-refractivity contribution is 6.31. The smallest absolute Gasteiger partial charge is 0.276 e. The molecule has 33 heavy (non-hydrogen) atoms. The van der Waals surface area contributed by atoms with Gasteiger partial charge in [0.1, 0.15) is 11.2 Å². The summed E-state index contributed by atoms with van der Waals surface area (Å²) in [6, 6.07) is 6.82. The number of nitrogens with zero attached hydrogens (tertiary/aromatic N) is 3. The molecule has 3 amide bonds. The number of hydrogen-bond acceptors (Lipinski definition) is 4. The van der Waals surface area contributed by atoms with Crippen LogP contribution in [0.3, 0.4) is 0 Å². The van der Waals surface area contributed by atoms with Crippen LogP contribution >= 0.6 is 11.6 Å². The predicted octanol–water partition coefficient (Wildman–Crippen LogP) is 3.78. The molecule has 2 aliphatic rings. The van der Waals surface area contributed by atoms with Crippen LogP contribution in [0.25, 0.3) is 0 Å². The maximum absolute atomic E-state index is 13.3. The van der Waals surface area contributed by atoms with Crippen LogP contribution in [0.4, 0.5) is 5.69 Å². The van der Waals surface area contributed by atoms with Gasteiger partial charge in [-0.25, -0.2) is 0 Å². The van der Waals surface area contributed by atoms with Gasteiger partial charge in [0.25, 0.3) is 11.8 Å². The van der Waals surface area contributed by atoms with E-state index in [0.29, 0.717) is 10.7 Å². The molecule has 0 spiro atoms. The summed E-state index contributed by atoms with van der Waals surface area (Å²) in [4.78, 5) is 40.6. The Labute approximate surface area is 198 Å². The van der Waals surface area contributed by atoms with Crippen molar-refractivity contribution in [3.8, 4) is 0 Å². The van der Waals surface area contributed by atoms with Crippen molar-refractivity contribution in [3.05, 3.63) is 46.2 Å². The van der Waals surface area contributed by atoms with E-state index in [1.807, 2.05) is 13.0 Å². The van der Waals surface area contributed by atoms with Crippen molar-refractivity contribution in [2.45, 2.75) is 70.5 Å². The topological polar surface area (TPSA) is 96.3 Å². The van der Waals surface area contributed by atoms with Crippen LogP contribution in [0.15, 0.2) is 24.3 Å². The molecule has 2 aromatic rings. The molecule has 1 atom stereocenters. The van der Waals surface area contributed by atoms with E-state index in [1.165, 1.54) is 28.5 Å². The number of rotatable bonds is 4. The van der Waals surface area contributed by atoms with Crippen molar-refractivity contribution in [1.82, 2.24) is 20.0 Å². The fourth-order valence-corrected chi connectivity index (χ4v) is 4.65. The second-order valence-corrected chi connectivity index (χ2v) is 9.70. The number of aromatic nitrogens is 2. The normalized spacial score (nSPS) is 21.3. The Kier molecular flexibility index (Phi) is 6.47. The van der Waals surface area contributed by atoms with Gasteiger partial charge in [-0.05, 0) is 44.4 Å². The van der Waals surface area contributed by atoms with Crippen LogP contribution in [0.1, 0.15) is 72.0 Å². The number of likely N-dealkylation sites (N-methyl/N-ethyl adjacent to an activating group) is 1. The number of hydrogen-bond donors (Lipinski definition) is 2. The Morgan fingerprint density at radius 2 is 1.85 bits per heavy atom. The summed E-state index contributed by atoms with van der Waals surface area (Å²) in [5.41, 5.74) is 0.738. The third kappa shape index (κ3) is 4.62. The van der Waals surface area contributed by atoms with E-state index in [0.717, 1.165) is 31.2 Å². The lowest BCUT2D eigenvalue weighted by atomic mass is 9.95. The van der Waals surface area contributed by atoms with Crippen LogP contribution in [0.2, 0.25) is 5.02 Å². The first-order valence-corrected chi connectivity index (χ1v) is 11.8. The molecule has 1 fully saturated rings. The molecule has 1 saturated carbocycles. The molecule has 1 aromatic heterocycles. The summed E-state index contributed by atoms with van der Waals surface area (Å²) in [6.07, 6.45) is 6.51. The van der Waals surface area contributed by atoms with Gasteiger partial charge in [0.2, 0.25) is 5.91 Å². The van der Waals surface area contributed by atoms with Gasteiger partial charge >= 0.3 is 0 Å². The van der Waals surface area contributed by atoms with E-state index in [-0.39, 0.29) is 35.8 Å². The summed E-state index contributed by atoms with van der Waals surface area (Å²) < 4.78 is 1.46. The van der Waals surface area contributed by atoms with Gasteiger partial charge < -0.3 is 15.5 Å². The highest BCUT2D eigenvalue weighted by Gasteiger charge is 2.46. The van der Waals surface area contributed by atoms with Gasteiger partial charge in [0.15, 0.2) is 5.69 Å². The van der Waals surface area contributed by atoms with E-state index in [1.54, 1.807) is 26.1 Å². The predicted molar refractivity (Wildman–Crippen MR) is 127 cm³/mol. The molecular weight excluding hydrogens is 442 g/mol. The SMILES string of the molecule is Cc1ccc(NC(=O)c2cc3n(n2)C[C@](C)(C(=O)NC2CCCCCC2)N(C)C3=O)cc1Cl. The average Bonchev–Trinajstić information content (AvgIpc) is 3.03. The largest absolute Gasteiger partial charge is 0.351 e. The number of aryl methyl sites for hydroxylation is 1. The molecule has 1 aliphatic carbocycles. The molecule has 1 aromatic carbocycles. The van der Waals surface area contributed by atoms with Crippen LogP contribution in [0, 0.1) is 6.92 Å². The molecule has 8 nitrogen and oxygen atoms in total. The molecule has 0 saturated heterocycles. The minimum absolute atomic E-state index is 0.108. The summed E-state index contributed by atoms with van der Waals surface area (Å²) in [6.45, 7) is 3.80. The zero-order chi connectivity index (χ0) is 23.8. The third-order valence-electron chi connectivity index (χ3n) is 6.84. The summed E-state index contributed by atoms with van der Waals surface area (Å²) >= 11 is 6.14. The maximum atomic E-state index is 13.3. The molecule has 4 rings (SSSR count). The van der Waals surface area contributed by atoms with Crippen LogP contribution in [-0.2, 0) is 11.3 Å². The average molecular weight is 472 g/mol. The minimum atomic E-state index is -1.10. The van der Waals surface area contributed by atoms with Crippen molar-refractivity contribution in [2.75, 3.05) is 12.4 Å². The molecule has 2 N–H and O–H groups in total. The number of fused-ring (bicyclic) bond motifs is 1. The first kappa shape index (κ1) is 23.3. The van der Waals surface area contributed by atoms with E-state index < -0.39 is 11.4 Å². The van der Waals surface area contributed by atoms with Crippen molar-refractivity contribution in [3.63, 3.8) is 0 Å². The number of carbonyl (C=O) groups excluding carboxylic acids is 3. The Morgan fingerprint density at radius 1 is 1.15 bits per heavy atom. The number of carbonyl (C=O) groups is 3. The quantitative estimate of drug-likeness (QED) is 0.663. The van der Waals surface area contributed by atoms with Gasteiger partial charge in [-0.3, -0.25) is 19.1 Å². The lowest BCUT2D eigenvalue weighted by molar-refractivity contribution is -0.133. The third-order valence-corrected chi connectivity index (χ3v) is 7.25. The molecular formula is C24H30ClN5O3. The van der Waals surface area contributed by atoms with Gasteiger partial charge in [-0.1, -0.05) is 43.4 Å². The standard InChI is InChI=1S/C24H30ClN5O3/c1-15-10-11-17(12-18(15)25)26-21(31)19-13-20-22(32)29(3)24(2,14-30(20)28-19)23(33)27-16-8-6-4-5-7-9-16/h10-13,16H,4-9,14H2,1-3H3,(H,26,31)(H,27,33)/t24-/m1/s1. The van der Waals surface area contributed by atoms with E-state index >= 15 is 0 Å².